The van der Waals surface area contributed by atoms with Crippen molar-refractivity contribution in [2.24, 2.45) is 0 Å². The van der Waals surface area contributed by atoms with E-state index in [4.69, 9.17) is 5.11 Å². The first-order valence-electron chi connectivity index (χ1n) is 5.53. The van der Waals surface area contributed by atoms with Crippen LogP contribution in [0.5, 0.6) is 0 Å². The van der Waals surface area contributed by atoms with Crippen LogP contribution in [0, 0.1) is 5.82 Å². The van der Waals surface area contributed by atoms with Crippen molar-refractivity contribution in [1.29, 1.82) is 0 Å². The minimum Gasteiger partial charge on any atom is -0.478 e. The zero-order valence-corrected chi connectivity index (χ0v) is 10.9. The molecule has 0 spiro atoms. The summed E-state index contributed by atoms with van der Waals surface area (Å²) in [5, 5.41) is 16.2. The molecule has 2 amide bonds. The average molecular weight is 295 g/mol. The van der Waals surface area contributed by atoms with Gasteiger partial charge in [-0.3, -0.25) is 0 Å². The summed E-state index contributed by atoms with van der Waals surface area (Å²) in [6.45, 7) is 0.210. The highest BCUT2D eigenvalue weighted by atomic mass is 32.1. The van der Waals surface area contributed by atoms with Crippen molar-refractivity contribution >= 4 is 29.0 Å². The second-order valence-electron chi connectivity index (χ2n) is 3.70. The molecule has 20 heavy (non-hydrogen) atoms. The quantitative estimate of drug-likeness (QED) is 0.807. The fourth-order valence-electron chi connectivity index (χ4n) is 1.51. The second kappa shape index (κ2) is 6.11. The number of hydrogen-bond acceptors (Lipinski definition) is 4. The molecule has 0 aliphatic heterocycles. The van der Waals surface area contributed by atoms with Crippen molar-refractivity contribution in [1.82, 2.24) is 10.3 Å². The first kappa shape index (κ1) is 13.9. The van der Waals surface area contributed by atoms with E-state index in [0.29, 0.717) is 5.01 Å². The molecular weight excluding hydrogens is 285 g/mol. The van der Waals surface area contributed by atoms with E-state index in [9.17, 15) is 14.0 Å². The van der Waals surface area contributed by atoms with Crippen molar-refractivity contribution in [2.45, 2.75) is 6.54 Å². The van der Waals surface area contributed by atoms with Crippen LogP contribution in [0.3, 0.4) is 0 Å². The number of anilines is 1. The summed E-state index contributed by atoms with van der Waals surface area (Å²) in [7, 11) is 0. The van der Waals surface area contributed by atoms with Gasteiger partial charge in [0.1, 0.15) is 16.4 Å². The highest BCUT2D eigenvalue weighted by molar-refractivity contribution is 7.09. The van der Waals surface area contributed by atoms with Gasteiger partial charge in [-0.25, -0.2) is 19.0 Å². The topological polar surface area (TPSA) is 91.3 Å². The third-order valence-corrected chi connectivity index (χ3v) is 3.14. The lowest BCUT2D eigenvalue weighted by molar-refractivity contribution is 0.0693. The predicted octanol–water partition coefficient (Wildman–Crippen LogP) is 2.30. The van der Waals surface area contributed by atoms with Crippen LogP contribution >= 0.6 is 11.3 Å². The maximum absolute atomic E-state index is 13.4. The molecule has 1 aromatic carbocycles. The minimum absolute atomic E-state index is 0.103. The Hall–Kier alpha value is -2.48. The van der Waals surface area contributed by atoms with E-state index in [2.05, 4.69) is 15.6 Å². The first-order chi connectivity index (χ1) is 9.58. The largest absolute Gasteiger partial charge is 0.478 e. The zero-order valence-electron chi connectivity index (χ0n) is 10.1. The number of aromatic carboxylic acids is 1. The maximum atomic E-state index is 13.4. The van der Waals surface area contributed by atoms with Gasteiger partial charge in [-0.15, -0.1) is 11.3 Å². The number of hydrogen-bond donors (Lipinski definition) is 3. The van der Waals surface area contributed by atoms with Gasteiger partial charge in [0.2, 0.25) is 0 Å². The zero-order chi connectivity index (χ0) is 14.5. The molecule has 0 unspecified atom stereocenters. The summed E-state index contributed by atoms with van der Waals surface area (Å²) >= 11 is 1.37. The monoisotopic (exact) mass is 295 g/mol. The van der Waals surface area contributed by atoms with Crippen LogP contribution in [0.15, 0.2) is 29.8 Å². The van der Waals surface area contributed by atoms with E-state index >= 15 is 0 Å². The van der Waals surface area contributed by atoms with E-state index in [1.807, 2.05) is 0 Å². The molecule has 0 atom stereocenters. The number of aromatic nitrogens is 1. The van der Waals surface area contributed by atoms with Crippen LogP contribution in [-0.2, 0) is 6.54 Å². The molecule has 2 aromatic rings. The molecule has 2 rings (SSSR count). The molecule has 0 fully saturated rings. The lowest BCUT2D eigenvalue weighted by Gasteiger charge is -2.09. The predicted molar refractivity (Wildman–Crippen MR) is 71.3 cm³/mol. The molecule has 6 nitrogen and oxygen atoms in total. The molecule has 1 heterocycles. The van der Waals surface area contributed by atoms with Crippen molar-refractivity contribution in [3.8, 4) is 0 Å². The molecular formula is C12H10FN3O3S. The molecule has 0 radical (unpaired) electrons. The van der Waals surface area contributed by atoms with E-state index < -0.39 is 23.4 Å². The number of carbonyl (C=O) groups excluding carboxylic acids is 1. The maximum Gasteiger partial charge on any atom is 0.340 e. The van der Waals surface area contributed by atoms with Crippen molar-refractivity contribution in [3.63, 3.8) is 0 Å². The average Bonchev–Trinajstić information content (AvgIpc) is 2.89. The van der Waals surface area contributed by atoms with Crippen LogP contribution in [0.4, 0.5) is 14.9 Å². The van der Waals surface area contributed by atoms with Crippen LogP contribution in [0.25, 0.3) is 0 Å². The fraction of sp³-hybridized carbons (Fsp3) is 0.0833. The standard InChI is InChI=1S/C12H10FN3O3S/c13-7-2-1-3-8(10(7)11(17)18)16-12(19)15-6-9-14-4-5-20-9/h1-5H,6H2,(H,17,18)(H2,15,16,19). The molecule has 0 bridgehead atoms. The van der Waals surface area contributed by atoms with E-state index in [1.165, 1.54) is 23.5 Å². The van der Waals surface area contributed by atoms with Gasteiger partial charge in [0.05, 0.1) is 12.2 Å². The van der Waals surface area contributed by atoms with Crippen molar-refractivity contribution in [3.05, 3.63) is 46.2 Å². The summed E-state index contributed by atoms with van der Waals surface area (Å²) in [6.07, 6.45) is 1.61. The number of thiazole rings is 1. The highest BCUT2D eigenvalue weighted by Crippen LogP contribution is 2.18. The number of amides is 2. The van der Waals surface area contributed by atoms with E-state index in [1.54, 1.807) is 11.6 Å². The number of nitrogens with zero attached hydrogens (tertiary/aromatic N) is 1. The fourth-order valence-corrected chi connectivity index (χ4v) is 2.06. The molecule has 3 N–H and O–H groups in total. The molecule has 0 saturated heterocycles. The number of benzene rings is 1. The Morgan fingerprint density at radius 1 is 1.40 bits per heavy atom. The van der Waals surface area contributed by atoms with Gasteiger partial charge < -0.3 is 15.7 Å². The first-order valence-corrected chi connectivity index (χ1v) is 6.41. The number of urea groups is 1. The summed E-state index contributed by atoms with van der Waals surface area (Å²) < 4.78 is 13.4. The summed E-state index contributed by atoms with van der Waals surface area (Å²) in [5.41, 5.74) is -0.675. The van der Waals surface area contributed by atoms with Crippen LogP contribution in [0.2, 0.25) is 0 Å². The number of carboxylic acids is 1. The van der Waals surface area contributed by atoms with Gasteiger partial charge >= 0.3 is 12.0 Å². The van der Waals surface area contributed by atoms with Gasteiger partial charge in [-0.05, 0) is 12.1 Å². The summed E-state index contributed by atoms with van der Waals surface area (Å²) in [6, 6.07) is 3.02. The van der Waals surface area contributed by atoms with Gasteiger partial charge in [0.25, 0.3) is 0 Å². The Balaban J connectivity index is 2.04. The number of carboxylic acid groups (broad SMARTS) is 1. The van der Waals surface area contributed by atoms with Gasteiger partial charge in [-0.2, -0.15) is 0 Å². The molecule has 8 heteroatoms. The van der Waals surface area contributed by atoms with E-state index in [0.717, 1.165) is 6.07 Å². The van der Waals surface area contributed by atoms with Crippen molar-refractivity contribution in [2.75, 3.05) is 5.32 Å². The Morgan fingerprint density at radius 3 is 2.85 bits per heavy atom. The lowest BCUT2D eigenvalue weighted by atomic mass is 10.1. The summed E-state index contributed by atoms with van der Waals surface area (Å²) in [4.78, 5) is 26.6. The molecule has 1 aromatic heterocycles. The van der Waals surface area contributed by atoms with Crippen LogP contribution < -0.4 is 10.6 Å². The lowest BCUT2D eigenvalue weighted by Crippen LogP contribution is -2.29. The molecule has 0 aliphatic rings. The smallest absolute Gasteiger partial charge is 0.340 e. The third kappa shape index (κ3) is 3.29. The van der Waals surface area contributed by atoms with Crippen LogP contribution in [-0.4, -0.2) is 22.1 Å². The Kier molecular flexibility index (Phi) is 4.26. The van der Waals surface area contributed by atoms with Crippen molar-refractivity contribution < 1.29 is 19.1 Å². The molecule has 0 saturated carbocycles. The normalized spacial score (nSPS) is 10.1. The summed E-state index contributed by atoms with van der Waals surface area (Å²) in [5.74, 6) is -2.35. The van der Waals surface area contributed by atoms with Crippen LogP contribution in [0.1, 0.15) is 15.4 Å². The highest BCUT2D eigenvalue weighted by Gasteiger charge is 2.17. The number of carbonyl (C=O) groups is 2. The Bertz CT molecular complexity index is 631. The number of nitrogens with one attached hydrogen (secondary N) is 2. The van der Waals surface area contributed by atoms with Gasteiger partial charge in [0, 0.05) is 11.6 Å². The SMILES string of the molecule is O=C(NCc1nccs1)Nc1cccc(F)c1C(=O)O. The Labute approximate surface area is 117 Å². The van der Waals surface area contributed by atoms with Gasteiger partial charge in [0.15, 0.2) is 0 Å². The minimum atomic E-state index is -1.45. The number of halogens is 1. The molecule has 104 valence electrons. The third-order valence-electron chi connectivity index (χ3n) is 2.36. The Morgan fingerprint density at radius 2 is 2.20 bits per heavy atom. The molecule has 0 aliphatic carbocycles. The van der Waals surface area contributed by atoms with Gasteiger partial charge in [-0.1, -0.05) is 6.07 Å². The second-order valence-corrected chi connectivity index (χ2v) is 4.68. The number of rotatable bonds is 4. The van der Waals surface area contributed by atoms with E-state index in [-0.39, 0.29) is 12.2 Å².